The van der Waals surface area contributed by atoms with Crippen molar-refractivity contribution in [2.24, 2.45) is 0 Å². The zero-order valence-electron chi connectivity index (χ0n) is 12.4. The van der Waals surface area contributed by atoms with Crippen LogP contribution in [-0.2, 0) is 0 Å². The van der Waals surface area contributed by atoms with Crippen LogP contribution in [0.1, 0.15) is 26.7 Å². The minimum Gasteiger partial charge on any atom is -0.118 e. The van der Waals surface area contributed by atoms with Gasteiger partial charge in [-0.25, -0.2) is 0 Å². The second kappa shape index (κ2) is 11.1. The molecule has 0 nitrogen and oxygen atoms in total. The molecule has 0 saturated carbocycles. The molecular weight excluding hydrogens is 520 g/mol. The number of allylic oxidation sites excluding steroid dienone is 2. The molecule has 0 aromatic rings. The van der Waals surface area contributed by atoms with E-state index in [1.807, 2.05) is 70.6 Å². The van der Waals surface area contributed by atoms with Crippen molar-refractivity contribution < 1.29 is 0 Å². The summed E-state index contributed by atoms with van der Waals surface area (Å²) in [6.07, 6.45) is 2.47. The summed E-state index contributed by atoms with van der Waals surface area (Å²) >= 11 is 18.9. The van der Waals surface area contributed by atoms with Crippen molar-refractivity contribution in [2.75, 3.05) is 22.2 Å². The van der Waals surface area contributed by atoms with Gasteiger partial charge in [-0.1, -0.05) is 78.9 Å². The van der Waals surface area contributed by atoms with E-state index in [1.165, 1.54) is 51.1 Å². The Kier molecular flexibility index (Phi) is 10.4. The highest BCUT2D eigenvalue weighted by atomic mass is 79.9. The summed E-state index contributed by atoms with van der Waals surface area (Å²) < 4.78 is 5.99. The molecule has 0 amide bonds. The van der Waals surface area contributed by atoms with E-state index in [4.69, 9.17) is 0 Å². The van der Waals surface area contributed by atoms with Crippen molar-refractivity contribution in [3.63, 3.8) is 0 Å². The fourth-order valence-electron chi connectivity index (χ4n) is 1.58. The van der Waals surface area contributed by atoms with Gasteiger partial charge in [0, 0.05) is 20.5 Å². The van der Waals surface area contributed by atoms with Crippen molar-refractivity contribution in [3.05, 3.63) is 26.8 Å². The smallest absolute Gasteiger partial charge is 0.0708 e. The maximum absolute atomic E-state index is 3.51. The van der Waals surface area contributed by atoms with Gasteiger partial charge < -0.3 is 0 Å². The lowest BCUT2D eigenvalue weighted by Crippen LogP contribution is -1.79. The Labute approximate surface area is 176 Å². The minimum atomic E-state index is 1.10. The summed E-state index contributed by atoms with van der Waals surface area (Å²) in [6.45, 7) is 4.52. The van der Waals surface area contributed by atoms with E-state index in [-0.39, 0.29) is 0 Å². The Morgan fingerprint density at radius 2 is 1.14 bits per heavy atom. The Bertz CT molecular complexity index is 454. The van der Waals surface area contributed by atoms with E-state index in [9.17, 15) is 0 Å². The van der Waals surface area contributed by atoms with Crippen LogP contribution in [0.2, 0.25) is 0 Å². The molecular formula is C14H18Br2S6. The quantitative estimate of drug-likeness (QED) is 0.223. The van der Waals surface area contributed by atoms with Crippen LogP contribution in [0.5, 0.6) is 0 Å². The van der Waals surface area contributed by atoms with Gasteiger partial charge >= 0.3 is 0 Å². The molecule has 0 aromatic heterocycles. The molecule has 0 aliphatic carbocycles. The van der Waals surface area contributed by atoms with Crippen LogP contribution in [0.3, 0.4) is 0 Å². The number of hydrogen-bond donors (Lipinski definition) is 0. The largest absolute Gasteiger partial charge is 0.118 e. The van der Waals surface area contributed by atoms with Gasteiger partial charge in [-0.15, -0.1) is 23.5 Å². The van der Waals surface area contributed by atoms with E-state index in [0.29, 0.717) is 0 Å². The molecule has 2 heterocycles. The normalized spacial score (nSPS) is 22.4. The third-order valence-corrected chi connectivity index (χ3v) is 12.7. The average molecular weight is 539 g/mol. The second-order valence-electron chi connectivity index (χ2n) is 4.45. The molecule has 0 aromatic carbocycles. The standard InChI is InChI=1S/C14H18Br2S6/c1-9-11(17-7-3-5-15)21-13(19-9)14-20-10(2)12(22-14)18-8-4-6-16/h3-8H2,1-2H3/b14-13+. The Morgan fingerprint density at radius 3 is 1.50 bits per heavy atom. The lowest BCUT2D eigenvalue weighted by molar-refractivity contribution is 1.14. The molecule has 2 aliphatic rings. The first kappa shape index (κ1) is 20.6. The first-order chi connectivity index (χ1) is 10.7. The van der Waals surface area contributed by atoms with E-state index in [0.717, 1.165) is 10.7 Å². The summed E-state index contributed by atoms with van der Waals surface area (Å²) in [6, 6.07) is 0. The fraction of sp³-hybridized carbons (Fsp3) is 0.571. The minimum absolute atomic E-state index is 1.10. The summed E-state index contributed by atoms with van der Waals surface area (Å²) in [5, 5.41) is 2.20. The molecule has 0 radical (unpaired) electrons. The highest BCUT2D eigenvalue weighted by Gasteiger charge is 2.27. The van der Waals surface area contributed by atoms with Gasteiger partial charge in [0.05, 0.1) is 16.9 Å². The van der Waals surface area contributed by atoms with Crippen molar-refractivity contribution in [1.29, 1.82) is 0 Å². The van der Waals surface area contributed by atoms with Crippen LogP contribution in [0.4, 0.5) is 0 Å². The number of halogens is 2. The molecule has 0 fully saturated rings. The van der Waals surface area contributed by atoms with Gasteiger partial charge in [0.25, 0.3) is 0 Å². The lowest BCUT2D eigenvalue weighted by Gasteiger charge is -2.03. The van der Waals surface area contributed by atoms with Crippen LogP contribution in [0, 0.1) is 0 Å². The third kappa shape index (κ3) is 6.22. The predicted molar refractivity (Wildman–Crippen MR) is 125 cm³/mol. The first-order valence-corrected chi connectivity index (χ1v) is 14.4. The maximum atomic E-state index is 3.51. The highest BCUT2D eigenvalue weighted by molar-refractivity contribution is 9.09. The van der Waals surface area contributed by atoms with Crippen molar-refractivity contribution in [3.8, 4) is 0 Å². The van der Waals surface area contributed by atoms with Gasteiger partial charge in [0.2, 0.25) is 0 Å². The SMILES string of the molecule is CC1=C(SCCCBr)S/C(=C2\SC(C)=C(SCCCBr)S2)S1. The molecule has 0 atom stereocenters. The third-order valence-electron chi connectivity index (χ3n) is 2.63. The van der Waals surface area contributed by atoms with E-state index >= 15 is 0 Å². The molecule has 0 spiro atoms. The molecule has 0 unspecified atom stereocenters. The van der Waals surface area contributed by atoms with E-state index < -0.39 is 0 Å². The average Bonchev–Trinajstić information content (AvgIpc) is 3.04. The van der Waals surface area contributed by atoms with Crippen LogP contribution in [0.25, 0.3) is 0 Å². The van der Waals surface area contributed by atoms with Gasteiger partial charge in [-0.2, -0.15) is 0 Å². The first-order valence-electron chi connectivity index (χ1n) is 6.90. The second-order valence-corrected chi connectivity index (χ2v) is 13.8. The molecule has 22 heavy (non-hydrogen) atoms. The monoisotopic (exact) mass is 536 g/mol. The molecule has 0 saturated heterocycles. The summed E-state index contributed by atoms with van der Waals surface area (Å²) in [4.78, 5) is 2.96. The topological polar surface area (TPSA) is 0 Å². The van der Waals surface area contributed by atoms with E-state index in [2.05, 4.69) is 45.7 Å². The Hall–Kier alpha value is 2.28. The number of rotatable bonds is 8. The maximum Gasteiger partial charge on any atom is 0.0708 e. The molecule has 124 valence electrons. The fourth-order valence-corrected chi connectivity index (χ4v) is 11.4. The number of thioether (sulfide) groups is 6. The van der Waals surface area contributed by atoms with Crippen molar-refractivity contribution >= 4 is 102 Å². The predicted octanol–water partition coefficient (Wildman–Crippen LogP) is 8.49. The Morgan fingerprint density at radius 1 is 0.727 bits per heavy atom. The van der Waals surface area contributed by atoms with Crippen LogP contribution in [-0.4, -0.2) is 22.2 Å². The molecule has 2 rings (SSSR count). The summed E-state index contributed by atoms with van der Waals surface area (Å²) in [7, 11) is 0. The van der Waals surface area contributed by atoms with Crippen LogP contribution in [0.15, 0.2) is 26.8 Å². The summed E-state index contributed by atoms with van der Waals surface area (Å²) in [5.74, 6) is 2.42. The molecule has 2 aliphatic heterocycles. The number of hydrogen-bond acceptors (Lipinski definition) is 6. The highest BCUT2D eigenvalue weighted by Crippen LogP contribution is 2.62. The lowest BCUT2D eigenvalue weighted by atomic mass is 10.6. The Balaban J connectivity index is 1.90. The summed E-state index contributed by atoms with van der Waals surface area (Å²) in [5.41, 5.74) is 0. The van der Waals surface area contributed by atoms with Crippen LogP contribution < -0.4 is 0 Å². The van der Waals surface area contributed by atoms with E-state index in [1.54, 1.807) is 0 Å². The molecule has 8 heteroatoms. The van der Waals surface area contributed by atoms with Gasteiger partial charge in [-0.05, 0) is 38.2 Å². The van der Waals surface area contributed by atoms with Gasteiger partial charge in [0.15, 0.2) is 0 Å². The zero-order chi connectivity index (χ0) is 15.9. The van der Waals surface area contributed by atoms with Crippen molar-refractivity contribution in [2.45, 2.75) is 26.7 Å². The molecule has 0 N–H and O–H groups in total. The zero-order valence-corrected chi connectivity index (χ0v) is 20.5. The number of alkyl halides is 2. The van der Waals surface area contributed by atoms with Gasteiger partial charge in [0.1, 0.15) is 0 Å². The molecule has 0 bridgehead atoms. The van der Waals surface area contributed by atoms with Crippen molar-refractivity contribution in [1.82, 2.24) is 0 Å². The van der Waals surface area contributed by atoms with Crippen LogP contribution >= 0.6 is 102 Å². The van der Waals surface area contributed by atoms with Gasteiger partial charge in [-0.3, -0.25) is 0 Å².